The van der Waals surface area contributed by atoms with Gasteiger partial charge in [0.1, 0.15) is 11.0 Å². The molecular weight excluding hydrogens is 302 g/mol. The maximum atomic E-state index is 12.4. The van der Waals surface area contributed by atoms with Crippen molar-refractivity contribution in [3.8, 4) is 0 Å². The molecule has 0 N–H and O–H groups in total. The van der Waals surface area contributed by atoms with E-state index in [1.807, 2.05) is 59.9 Å². The van der Waals surface area contributed by atoms with Crippen LogP contribution in [0.2, 0.25) is 0 Å². The van der Waals surface area contributed by atoms with Crippen LogP contribution in [0.25, 0.3) is 11.0 Å². The van der Waals surface area contributed by atoms with E-state index in [1.165, 1.54) is 0 Å². The normalized spacial score (nSPS) is 11.1. The van der Waals surface area contributed by atoms with E-state index in [1.54, 1.807) is 4.90 Å². The zero-order valence-corrected chi connectivity index (χ0v) is 14.4. The lowest BCUT2D eigenvalue weighted by atomic mass is 10.2. The number of hydrogen-bond acceptors (Lipinski definition) is 3. The van der Waals surface area contributed by atoms with Gasteiger partial charge in [0.15, 0.2) is 0 Å². The zero-order valence-electron chi connectivity index (χ0n) is 14.4. The van der Waals surface area contributed by atoms with E-state index in [9.17, 15) is 4.79 Å². The summed E-state index contributed by atoms with van der Waals surface area (Å²) >= 11 is 0. The topological polar surface area (TPSA) is 56.0 Å². The van der Waals surface area contributed by atoms with Crippen molar-refractivity contribution < 1.29 is 4.79 Å². The van der Waals surface area contributed by atoms with Gasteiger partial charge in [-0.1, -0.05) is 30.3 Å². The average Bonchev–Trinajstić information content (AvgIpc) is 3.15. The second-order valence-electron chi connectivity index (χ2n) is 5.99. The first-order chi connectivity index (χ1) is 11.6. The fraction of sp³-hybridized carbons (Fsp3) is 0.389. The molecule has 0 aliphatic heterocycles. The Hall–Kier alpha value is -2.63. The summed E-state index contributed by atoms with van der Waals surface area (Å²) in [6.07, 6.45) is 2.26. The maximum Gasteiger partial charge on any atom is 0.224 e. The molecule has 0 bridgehead atoms. The molecule has 3 aromatic rings. The molecule has 1 amide bonds. The molecule has 2 aromatic heterocycles. The van der Waals surface area contributed by atoms with Crippen LogP contribution in [-0.4, -0.2) is 37.4 Å². The molecular formula is C18H23N5O. The Kier molecular flexibility index (Phi) is 4.64. The average molecular weight is 325 g/mol. The molecule has 0 aliphatic carbocycles. The van der Waals surface area contributed by atoms with Gasteiger partial charge in [0, 0.05) is 26.6 Å². The highest BCUT2D eigenvalue weighted by Gasteiger charge is 2.15. The lowest BCUT2D eigenvalue weighted by Gasteiger charge is -2.17. The molecule has 6 heteroatoms. The van der Waals surface area contributed by atoms with Crippen LogP contribution in [-0.2, 0) is 24.4 Å². The third-order valence-electron chi connectivity index (χ3n) is 4.24. The van der Waals surface area contributed by atoms with Crippen LogP contribution < -0.4 is 0 Å². The van der Waals surface area contributed by atoms with Gasteiger partial charge in [0.05, 0.1) is 18.4 Å². The molecule has 0 saturated carbocycles. The second kappa shape index (κ2) is 6.86. The fourth-order valence-electron chi connectivity index (χ4n) is 2.97. The number of aromatic nitrogens is 4. The minimum absolute atomic E-state index is 0.114. The largest absolute Gasteiger partial charge is 0.341 e. The number of carbonyl (C=O) groups is 1. The SMILES string of the molecule is CCn1nc(C)c2c1cnn2CCC(=O)N(C)Cc1ccccc1. The zero-order chi connectivity index (χ0) is 17.1. The predicted molar refractivity (Wildman–Crippen MR) is 93.5 cm³/mol. The van der Waals surface area contributed by atoms with Crippen molar-refractivity contribution in [2.24, 2.45) is 0 Å². The number of amides is 1. The molecule has 0 fully saturated rings. The number of benzene rings is 1. The summed E-state index contributed by atoms with van der Waals surface area (Å²) in [5.41, 5.74) is 4.14. The number of aryl methyl sites for hydroxylation is 3. The van der Waals surface area contributed by atoms with Gasteiger partial charge in [-0.25, -0.2) is 0 Å². The highest BCUT2D eigenvalue weighted by molar-refractivity contribution is 5.78. The number of fused-ring (bicyclic) bond motifs is 1. The number of nitrogens with zero attached hydrogens (tertiary/aromatic N) is 5. The number of carbonyl (C=O) groups excluding carboxylic acids is 1. The molecule has 0 unspecified atom stereocenters. The molecule has 2 heterocycles. The molecule has 0 radical (unpaired) electrons. The third-order valence-corrected chi connectivity index (χ3v) is 4.24. The van der Waals surface area contributed by atoms with E-state index in [0.717, 1.165) is 28.8 Å². The van der Waals surface area contributed by atoms with Gasteiger partial charge in [-0.15, -0.1) is 0 Å². The molecule has 24 heavy (non-hydrogen) atoms. The summed E-state index contributed by atoms with van der Waals surface area (Å²) < 4.78 is 3.83. The van der Waals surface area contributed by atoms with Gasteiger partial charge in [-0.3, -0.25) is 14.2 Å². The van der Waals surface area contributed by atoms with Gasteiger partial charge in [0.25, 0.3) is 0 Å². The summed E-state index contributed by atoms with van der Waals surface area (Å²) in [6, 6.07) is 10.0. The van der Waals surface area contributed by atoms with Crippen molar-refractivity contribution in [3.05, 3.63) is 47.8 Å². The number of hydrogen-bond donors (Lipinski definition) is 0. The standard InChI is InChI=1S/C18H23N5O/c1-4-22-16-12-19-23(18(16)14(2)20-22)11-10-17(24)21(3)13-15-8-6-5-7-9-15/h5-9,12H,4,10-11,13H2,1-3H3. The van der Waals surface area contributed by atoms with Gasteiger partial charge in [-0.05, 0) is 19.4 Å². The van der Waals surface area contributed by atoms with E-state index < -0.39 is 0 Å². The summed E-state index contributed by atoms with van der Waals surface area (Å²) in [5.74, 6) is 0.114. The smallest absolute Gasteiger partial charge is 0.224 e. The first-order valence-electron chi connectivity index (χ1n) is 8.27. The van der Waals surface area contributed by atoms with Gasteiger partial charge in [0.2, 0.25) is 5.91 Å². The van der Waals surface area contributed by atoms with Crippen molar-refractivity contribution in [1.29, 1.82) is 0 Å². The van der Waals surface area contributed by atoms with E-state index in [-0.39, 0.29) is 5.91 Å². The monoisotopic (exact) mass is 325 g/mol. The van der Waals surface area contributed by atoms with Crippen molar-refractivity contribution in [1.82, 2.24) is 24.5 Å². The third kappa shape index (κ3) is 3.18. The maximum absolute atomic E-state index is 12.4. The van der Waals surface area contributed by atoms with Crippen LogP contribution in [0.5, 0.6) is 0 Å². The van der Waals surface area contributed by atoms with Crippen molar-refractivity contribution in [2.75, 3.05) is 7.05 Å². The molecule has 0 aliphatic rings. The van der Waals surface area contributed by atoms with E-state index in [4.69, 9.17) is 0 Å². The number of rotatable bonds is 6. The molecule has 3 rings (SSSR count). The van der Waals surface area contributed by atoms with Gasteiger partial charge < -0.3 is 4.90 Å². The molecule has 0 spiro atoms. The van der Waals surface area contributed by atoms with E-state index >= 15 is 0 Å². The lowest BCUT2D eigenvalue weighted by Crippen LogP contribution is -2.27. The second-order valence-corrected chi connectivity index (χ2v) is 5.99. The van der Waals surface area contributed by atoms with Crippen LogP contribution >= 0.6 is 0 Å². The Morgan fingerprint density at radius 1 is 1.21 bits per heavy atom. The van der Waals surface area contributed by atoms with Crippen molar-refractivity contribution in [2.45, 2.75) is 39.9 Å². The Balaban J connectivity index is 1.65. The quantitative estimate of drug-likeness (QED) is 0.700. The van der Waals surface area contributed by atoms with Gasteiger partial charge in [-0.2, -0.15) is 10.2 Å². The van der Waals surface area contributed by atoms with Crippen LogP contribution in [0.4, 0.5) is 0 Å². The minimum atomic E-state index is 0.114. The highest BCUT2D eigenvalue weighted by Crippen LogP contribution is 2.18. The molecule has 126 valence electrons. The minimum Gasteiger partial charge on any atom is -0.341 e. The lowest BCUT2D eigenvalue weighted by molar-refractivity contribution is -0.130. The van der Waals surface area contributed by atoms with Crippen molar-refractivity contribution in [3.63, 3.8) is 0 Å². The van der Waals surface area contributed by atoms with Crippen LogP contribution in [0.3, 0.4) is 0 Å². The molecule has 0 saturated heterocycles. The predicted octanol–water partition coefficient (Wildman–Crippen LogP) is 2.61. The van der Waals surface area contributed by atoms with Gasteiger partial charge >= 0.3 is 0 Å². The first-order valence-corrected chi connectivity index (χ1v) is 8.27. The van der Waals surface area contributed by atoms with E-state index in [0.29, 0.717) is 19.5 Å². The van der Waals surface area contributed by atoms with Crippen LogP contribution in [0.1, 0.15) is 24.6 Å². The summed E-state index contributed by atoms with van der Waals surface area (Å²) in [5, 5.41) is 8.93. The summed E-state index contributed by atoms with van der Waals surface area (Å²) in [7, 11) is 1.84. The van der Waals surface area contributed by atoms with E-state index in [2.05, 4.69) is 17.1 Å². The molecule has 1 aromatic carbocycles. The van der Waals surface area contributed by atoms with Crippen molar-refractivity contribution >= 4 is 16.9 Å². The molecule has 0 atom stereocenters. The Bertz CT molecular complexity index is 834. The van der Waals surface area contributed by atoms with Crippen LogP contribution in [0, 0.1) is 6.92 Å². The summed E-state index contributed by atoms with van der Waals surface area (Å²) in [4.78, 5) is 14.2. The highest BCUT2D eigenvalue weighted by atomic mass is 16.2. The Labute approximate surface area is 141 Å². The first kappa shape index (κ1) is 16.2. The Morgan fingerprint density at radius 2 is 1.96 bits per heavy atom. The summed E-state index contributed by atoms with van der Waals surface area (Å²) in [6.45, 7) is 6.05. The van der Waals surface area contributed by atoms with Crippen LogP contribution in [0.15, 0.2) is 36.5 Å². The fourth-order valence-corrected chi connectivity index (χ4v) is 2.97. The molecule has 6 nitrogen and oxygen atoms in total. The Morgan fingerprint density at radius 3 is 2.67 bits per heavy atom.